The second-order valence-corrected chi connectivity index (χ2v) is 6.50. The second-order valence-electron chi connectivity index (χ2n) is 2.80. The summed E-state index contributed by atoms with van der Waals surface area (Å²) in [5, 5.41) is 0. The molecular weight excluding hydrogens is 208 g/mol. The fraction of sp³-hybridized carbons (Fsp3) is 1.00. The molecule has 0 aliphatic carbocycles. The van der Waals surface area contributed by atoms with Crippen LogP contribution in [0.2, 0.25) is 0 Å². The molecule has 1 unspecified atom stereocenters. The predicted octanol–water partition coefficient (Wildman–Crippen LogP) is 2.15. The van der Waals surface area contributed by atoms with Gasteiger partial charge in [-0.1, -0.05) is 6.92 Å². The highest BCUT2D eigenvalue weighted by Crippen LogP contribution is 2.19. The van der Waals surface area contributed by atoms with Crippen LogP contribution >= 0.6 is 36.2 Å². The number of nitrogens with one attached hydrogen (secondary N) is 2. The van der Waals surface area contributed by atoms with Gasteiger partial charge in [0, 0.05) is 0 Å². The lowest BCUT2D eigenvalue weighted by molar-refractivity contribution is 0.464. The smallest absolute Gasteiger partial charge is 0.110 e. The van der Waals surface area contributed by atoms with Gasteiger partial charge in [0.15, 0.2) is 0 Å². The van der Waals surface area contributed by atoms with Crippen molar-refractivity contribution in [3.05, 3.63) is 0 Å². The summed E-state index contributed by atoms with van der Waals surface area (Å²) in [5.74, 6) is 1.11. The number of thiol groups is 1. The Labute approximate surface area is 89.4 Å². The van der Waals surface area contributed by atoms with E-state index in [1.165, 1.54) is 0 Å². The Hall–Kier alpha value is 0.970. The molecule has 0 rings (SSSR count). The maximum Gasteiger partial charge on any atom is 0.110 e. The zero-order chi connectivity index (χ0) is 9.61. The first kappa shape index (κ1) is 13.0. The van der Waals surface area contributed by atoms with Crippen molar-refractivity contribution in [1.82, 2.24) is 10.9 Å². The fourth-order valence-electron chi connectivity index (χ4n) is 0.691. The van der Waals surface area contributed by atoms with E-state index < -0.39 is 0 Å². The molecule has 0 saturated heterocycles. The van der Waals surface area contributed by atoms with Gasteiger partial charge in [0.2, 0.25) is 0 Å². The molecule has 0 aromatic heterocycles. The molecule has 2 N–H and O–H groups in total. The molecule has 74 valence electrons. The Balaban J connectivity index is 3.59. The lowest BCUT2D eigenvalue weighted by Gasteiger charge is -2.27. The van der Waals surface area contributed by atoms with Gasteiger partial charge < -0.3 is 0 Å². The highest BCUT2D eigenvalue weighted by atomic mass is 32.2. The van der Waals surface area contributed by atoms with Crippen molar-refractivity contribution in [3.8, 4) is 0 Å². The highest BCUT2D eigenvalue weighted by molar-refractivity contribution is 8.09. The van der Waals surface area contributed by atoms with Gasteiger partial charge in [-0.05, 0) is 25.9 Å². The molecule has 0 spiro atoms. The van der Waals surface area contributed by atoms with E-state index in [9.17, 15) is 0 Å². The molecule has 12 heavy (non-hydrogen) atoms. The van der Waals surface area contributed by atoms with Crippen molar-refractivity contribution >= 4 is 36.2 Å². The summed E-state index contributed by atoms with van der Waals surface area (Å²) in [4.78, 5) is 0.0749. The number of rotatable bonds is 6. The molecule has 0 heterocycles. The minimum atomic E-state index is 0.0749. The molecule has 0 aromatic carbocycles. The Kier molecular flexibility index (Phi) is 6.95. The monoisotopic (exact) mass is 226 g/mol. The van der Waals surface area contributed by atoms with Gasteiger partial charge in [-0.15, -0.1) is 36.2 Å². The topological polar surface area (TPSA) is 24.1 Å². The van der Waals surface area contributed by atoms with Gasteiger partial charge in [0.25, 0.3) is 0 Å². The number of hydrogen-bond acceptors (Lipinski definition) is 5. The maximum atomic E-state index is 4.29. The maximum absolute atomic E-state index is 4.29. The number of hydrazine groups is 1. The van der Waals surface area contributed by atoms with Crippen LogP contribution in [0.15, 0.2) is 0 Å². The molecule has 0 fully saturated rings. The van der Waals surface area contributed by atoms with Gasteiger partial charge in [0.1, 0.15) is 4.71 Å². The second kappa shape index (κ2) is 6.43. The van der Waals surface area contributed by atoms with Crippen molar-refractivity contribution in [3.63, 3.8) is 0 Å². The van der Waals surface area contributed by atoms with E-state index in [-0.39, 0.29) is 9.58 Å². The third-order valence-electron chi connectivity index (χ3n) is 1.23. The third-order valence-corrected chi connectivity index (χ3v) is 3.66. The molecule has 0 bridgehead atoms. The van der Waals surface area contributed by atoms with Crippen LogP contribution in [0.5, 0.6) is 0 Å². The lowest BCUT2D eigenvalue weighted by atomic mass is 10.4. The summed E-state index contributed by atoms with van der Waals surface area (Å²) in [7, 11) is 0. The molecule has 0 aliphatic heterocycles. The van der Waals surface area contributed by atoms with Crippen LogP contribution in [0.3, 0.4) is 0 Å². The molecule has 0 aliphatic rings. The average Bonchev–Trinajstić information content (AvgIpc) is 2.00. The molecule has 0 radical (unpaired) electrons. The summed E-state index contributed by atoms with van der Waals surface area (Å²) in [5.41, 5.74) is 6.34. The summed E-state index contributed by atoms with van der Waals surface area (Å²) in [6, 6.07) is 0. The molecule has 0 saturated carbocycles. The average molecular weight is 226 g/mol. The van der Waals surface area contributed by atoms with E-state index in [0.717, 1.165) is 5.75 Å². The van der Waals surface area contributed by atoms with Crippen LogP contribution in [0.1, 0.15) is 20.8 Å². The first-order chi connectivity index (χ1) is 5.52. The molecule has 0 aromatic rings. The molecule has 0 amide bonds. The minimum absolute atomic E-state index is 0.0749. The van der Waals surface area contributed by atoms with Crippen LogP contribution < -0.4 is 10.9 Å². The van der Waals surface area contributed by atoms with Gasteiger partial charge in [-0.3, -0.25) is 0 Å². The van der Waals surface area contributed by atoms with Crippen molar-refractivity contribution in [2.45, 2.75) is 30.3 Å². The van der Waals surface area contributed by atoms with E-state index in [1.807, 2.05) is 18.0 Å². The minimum Gasteiger partial charge on any atom is -0.240 e. The first-order valence-corrected chi connectivity index (χ1v) is 6.68. The van der Waals surface area contributed by atoms with Crippen LogP contribution in [0, 0.1) is 0 Å². The van der Waals surface area contributed by atoms with Gasteiger partial charge >= 0.3 is 0 Å². The fourth-order valence-corrected chi connectivity index (χ4v) is 1.79. The standard InChI is InChI=1S/C7H18N2S3/c1-5-12-7(2,3)9-8-6(10)11-4/h6,8-10H,5H2,1-4H3. The summed E-state index contributed by atoms with van der Waals surface area (Å²) in [6.45, 7) is 6.45. The first-order valence-electron chi connectivity index (χ1n) is 3.89. The Morgan fingerprint density at radius 3 is 2.50 bits per heavy atom. The predicted molar refractivity (Wildman–Crippen MR) is 64.8 cm³/mol. The summed E-state index contributed by atoms with van der Waals surface area (Å²) < 4.78 is 0.154. The zero-order valence-corrected chi connectivity index (χ0v) is 10.6. The normalized spacial score (nSPS) is 14.8. The van der Waals surface area contributed by atoms with Gasteiger partial charge in [0.05, 0.1) is 4.87 Å². The Morgan fingerprint density at radius 2 is 2.08 bits per heavy atom. The zero-order valence-electron chi connectivity index (χ0n) is 8.05. The lowest BCUT2D eigenvalue weighted by Crippen LogP contribution is -2.48. The largest absolute Gasteiger partial charge is 0.240 e. The molecule has 2 nitrogen and oxygen atoms in total. The SMILES string of the molecule is CCSC(C)(C)NNC(S)SC. The van der Waals surface area contributed by atoms with Crippen molar-refractivity contribution in [1.29, 1.82) is 0 Å². The quantitative estimate of drug-likeness (QED) is 0.367. The molecule has 1 atom stereocenters. The Bertz CT molecular complexity index is 119. The van der Waals surface area contributed by atoms with Crippen LogP contribution in [0.4, 0.5) is 0 Å². The van der Waals surface area contributed by atoms with E-state index in [2.05, 4.69) is 44.3 Å². The van der Waals surface area contributed by atoms with E-state index in [4.69, 9.17) is 0 Å². The van der Waals surface area contributed by atoms with E-state index >= 15 is 0 Å². The van der Waals surface area contributed by atoms with Crippen molar-refractivity contribution < 1.29 is 0 Å². The van der Waals surface area contributed by atoms with E-state index in [1.54, 1.807) is 11.8 Å². The highest BCUT2D eigenvalue weighted by Gasteiger charge is 2.16. The summed E-state index contributed by atoms with van der Waals surface area (Å²) in [6.07, 6.45) is 2.02. The van der Waals surface area contributed by atoms with Crippen LogP contribution in [0.25, 0.3) is 0 Å². The van der Waals surface area contributed by atoms with Gasteiger partial charge in [-0.2, -0.15) is 0 Å². The number of thioether (sulfide) groups is 2. The van der Waals surface area contributed by atoms with Crippen LogP contribution in [-0.2, 0) is 0 Å². The Morgan fingerprint density at radius 1 is 1.50 bits per heavy atom. The van der Waals surface area contributed by atoms with E-state index in [0.29, 0.717) is 0 Å². The number of hydrogen-bond donors (Lipinski definition) is 3. The van der Waals surface area contributed by atoms with Crippen molar-refractivity contribution in [2.75, 3.05) is 12.0 Å². The summed E-state index contributed by atoms with van der Waals surface area (Å²) >= 11 is 7.82. The van der Waals surface area contributed by atoms with Gasteiger partial charge in [-0.25, -0.2) is 10.9 Å². The molecular formula is C7H18N2S3. The third kappa shape index (κ3) is 6.48. The molecule has 5 heteroatoms. The van der Waals surface area contributed by atoms with Crippen LogP contribution in [-0.4, -0.2) is 21.6 Å². The van der Waals surface area contributed by atoms with Crippen molar-refractivity contribution in [2.24, 2.45) is 0 Å².